The molecular weight excluding hydrogens is 365 g/mol. The van der Waals surface area contributed by atoms with Crippen molar-refractivity contribution in [2.24, 2.45) is 5.92 Å². The van der Waals surface area contributed by atoms with E-state index < -0.39 is 0 Å². The first-order valence-corrected chi connectivity index (χ1v) is 10.1. The van der Waals surface area contributed by atoms with Gasteiger partial charge >= 0.3 is 0 Å². The molecule has 0 amide bonds. The van der Waals surface area contributed by atoms with Crippen molar-refractivity contribution in [2.45, 2.75) is 26.7 Å². The minimum atomic E-state index is -0.265. The summed E-state index contributed by atoms with van der Waals surface area (Å²) in [5, 5.41) is 6.47. The smallest absolute Gasteiger partial charge is 0.229 e. The lowest BCUT2D eigenvalue weighted by atomic mass is 9.99. The van der Waals surface area contributed by atoms with Gasteiger partial charge in [0.2, 0.25) is 5.95 Å². The number of nitrogens with one attached hydrogen (secondary N) is 2. The molecule has 0 atom stereocenters. The lowest BCUT2D eigenvalue weighted by molar-refractivity contribution is 0.438. The molecule has 1 aliphatic rings. The van der Waals surface area contributed by atoms with E-state index in [0.29, 0.717) is 11.8 Å². The van der Waals surface area contributed by atoms with E-state index in [2.05, 4.69) is 56.7 Å². The molecule has 150 valence electrons. The van der Waals surface area contributed by atoms with Gasteiger partial charge in [-0.25, -0.2) is 9.37 Å². The number of halogens is 1. The molecule has 0 unspecified atom stereocenters. The van der Waals surface area contributed by atoms with Crippen LogP contribution in [0.1, 0.15) is 25.5 Å². The second kappa shape index (κ2) is 8.47. The fourth-order valence-corrected chi connectivity index (χ4v) is 3.52. The minimum absolute atomic E-state index is 0.265. The Hall–Kier alpha value is -3.15. The number of hydrogen-bond acceptors (Lipinski definition) is 5. The number of nitrogens with zero attached hydrogens (tertiary/aromatic N) is 3. The normalized spacial score (nSPS) is 14.7. The van der Waals surface area contributed by atoms with Gasteiger partial charge in [0.15, 0.2) is 0 Å². The fourth-order valence-electron chi connectivity index (χ4n) is 3.52. The van der Waals surface area contributed by atoms with E-state index in [-0.39, 0.29) is 5.82 Å². The van der Waals surface area contributed by atoms with Crippen molar-refractivity contribution in [3.8, 4) is 0 Å². The Morgan fingerprint density at radius 1 is 0.897 bits per heavy atom. The molecule has 1 saturated heterocycles. The molecule has 0 aliphatic carbocycles. The molecule has 29 heavy (non-hydrogen) atoms. The van der Waals surface area contributed by atoms with Crippen LogP contribution in [0.15, 0.2) is 54.6 Å². The van der Waals surface area contributed by atoms with Crippen LogP contribution in [0.3, 0.4) is 0 Å². The van der Waals surface area contributed by atoms with Crippen LogP contribution in [0.2, 0.25) is 0 Å². The van der Waals surface area contributed by atoms with Gasteiger partial charge in [0.1, 0.15) is 11.6 Å². The second-order valence-electron chi connectivity index (χ2n) is 7.69. The summed E-state index contributed by atoms with van der Waals surface area (Å²) in [5.74, 6) is 1.74. The van der Waals surface area contributed by atoms with Crippen LogP contribution in [0.5, 0.6) is 0 Å². The lowest BCUT2D eigenvalue weighted by Crippen LogP contribution is -2.32. The highest BCUT2D eigenvalue weighted by Crippen LogP contribution is 2.25. The summed E-state index contributed by atoms with van der Waals surface area (Å²) in [4.78, 5) is 11.4. The van der Waals surface area contributed by atoms with Crippen LogP contribution < -0.4 is 15.5 Å². The Morgan fingerprint density at radius 2 is 1.52 bits per heavy atom. The van der Waals surface area contributed by atoms with Gasteiger partial charge in [0.05, 0.1) is 0 Å². The molecule has 0 saturated carbocycles. The molecule has 2 aromatic carbocycles. The van der Waals surface area contributed by atoms with Crippen LogP contribution in [0.25, 0.3) is 0 Å². The third-order valence-electron chi connectivity index (χ3n) is 5.24. The van der Waals surface area contributed by atoms with Crippen molar-refractivity contribution in [1.82, 2.24) is 9.97 Å². The van der Waals surface area contributed by atoms with Gasteiger partial charge in [-0.05, 0) is 74.2 Å². The van der Waals surface area contributed by atoms with Crippen LogP contribution in [-0.2, 0) is 0 Å². The van der Waals surface area contributed by atoms with Crippen molar-refractivity contribution < 1.29 is 4.39 Å². The number of rotatable bonds is 5. The van der Waals surface area contributed by atoms with Gasteiger partial charge in [-0.2, -0.15) is 4.98 Å². The molecule has 1 fully saturated rings. The van der Waals surface area contributed by atoms with Crippen LogP contribution in [0.4, 0.5) is 33.2 Å². The quantitative estimate of drug-likeness (QED) is 0.589. The van der Waals surface area contributed by atoms with Crippen LogP contribution >= 0.6 is 0 Å². The average molecular weight is 391 g/mol. The Balaban J connectivity index is 1.44. The predicted molar refractivity (Wildman–Crippen MR) is 117 cm³/mol. The average Bonchev–Trinajstić information content (AvgIpc) is 2.71. The zero-order valence-corrected chi connectivity index (χ0v) is 16.8. The SMILES string of the molecule is Cc1cc(Nc2ccc(F)cc2)nc(Nc2ccc(N3CCC(C)CC3)cc2)n1. The van der Waals surface area contributed by atoms with E-state index in [4.69, 9.17) is 0 Å². The first-order valence-electron chi connectivity index (χ1n) is 10.1. The molecule has 2 N–H and O–H groups in total. The third kappa shape index (κ3) is 5.02. The van der Waals surface area contributed by atoms with Crippen LogP contribution in [0, 0.1) is 18.7 Å². The Morgan fingerprint density at radius 3 is 2.21 bits per heavy atom. The number of aryl methyl sites for hydroxylation is 1. The van der Waals surface area contributed by atoms with E-state index in [1.54, 1.807) is 12.1 Å². The Kier molecular flexibility index (Phi) is 5.60. The molecule has 5 nitrogen and oxygen atoms in total. The first-order chi connectivity index (χ1) is 14.0. The van der Waals surface area contributed by atoms with E-state index in [1.165, 1.54) is 30.7 Å². The topological polar surface area (TPSA) is 53.1 Å². The van der Waals surface area contributed by atoms with Gasteiger partial charge < -0.3 is 15.5 Å². The monoisotopic (exact) mass is 391 g/mol. The van der Waals surface area contributed by atoms with Gasteiger partial charge in [0, 0.05) is 41.9 Å². The van der Waals surface area contributed by atoms with E-state index in [0.717, 1.165) is 36.1 Å². The van der Waals surface area contributed by atoms with Gasteiger partial charge in [-0.1, -0.05) is 6.92 Å². The maximum Gasteiger partial charge on any atom is 0.229 e. The minimum Gasteiger partial charge on any atom is -0.372 e. The standard InChI is InChI=1S/C23H26FN5/c1-16-11-13-29(14-12-16)21-9-7-20(8-10-21)27-23-25-17(2)15-22(28-23)26-19-5-3-18(24)4-6-19/h3-10,15-16H,11-14H2,1-2H3,(H2,25,26,27,28). The Bertz CT molecular complexity index is 948. The molecule has 0 bridgehead atoms. The molecule has 1 aromatic heterocycles. The molecule has 0 spiro atoms. The highest BCUT2D eigenvalue weighted by atomic mass is 19.1. The highest BCUT2D eigenvalue weighted by Gasteiger charge is 2.15. The molecule has 1 aliphatic heterocycles. The van der Waals surface area contributed by atoms with Crippen molar-refractivity contribution >= 4 is 28.8 Å². The largest absolute Gasteiger partial charge is 0.372 e. The van der Waals surface area contributed by atoms with Crippen molar-refractivity contribution in [1.29, 1.82) is 0 Å². The van der Waals surface area contributed by atoms with Crippen molar-refractivity contribution in [3.63, 3.8) is 0 Å². The summed E-state index contributed by atoms with van der Waals surface area (Å²) < 4.78 is 13.1. The molecule has 4 rings (SSSR count). The number of benzene rings is 2. The summed E-state index contributed by atoms with van der Waals surface area (Å²) in [6.07, 6.45) is 2.50. The number of hydrogen-bond donors (Lipinski definition) is 2. The van der Waals surface area contributed by atoms with Crippen LogP contribution in [-0.4, -0.2) is 23.1 Å². The second-order valence-corrected chi connectivity index (χ2v) is 7.69. The zero-order valence-electron chi connectivity index (χ0n) is 16.8. The van der Waals surface area contributed by atoms with E-state index >= 15 is 0 Å². The lowest BCUT2D eigenvalue weighted by Gasteiger charge is -2.32. The van der Waals surface area contributed by atoms with Gasteiger partial charge in [-0.3, -0.25) is 0 Å². The summed E-state index contributed by atoms with van der Waals surface area (Å²) in [5.41, 5.74) is 3.81. The summed E-state index contributed by atoms with van der Waals surface area (Å²) in [6, 6.07) is 16.5. The fraction of sp³-hybridized carbons (Fsp3) is 0.304. The summed E-state index contributed by atoms with van der Waals surface area (Å²) in [6.45, 7) is 6.48. The van der Waals surface area contributed by atoms with E-state index in [9.17, 15) is 4.39 Å². The number of piperidine rings is 1. The number of aromatic nitrogens is 2. The predicted octanol–water partition coefficient (Wildman–Crippen LogP) is 5.65. The molecule has 6 heteroatoms. The van der Waals surface area contributed by atoms with E-state index in [1.807, 2.05) is 13.0 Å². The van der Waals surface area contributed by atoms with Crippen molar-refractivity contribution in [2.75, 3.05) is 28.6 Å². The van der Waals surface area contributed by atoms with Crippen molar-refractivity contribution in [3.05, 3.63) is 66.1 Å². The Labute approximate surface area is 171 Å². The summed E-state index contributed by atoms with van der Waals surface area (Å²) in [7, 11) is 0. The summed E-state index contributed by atoms with van der Waals surface area (Å²) >= 11 is 0. The molecule has 0 radical (unpaired) electrons. The highest BCUT2D eigenvalue weighted by molar-refractivity contribution is 5.62. The van der Waals surface area contributed by atoms with Gasteiger partial charge in [0.25, 0.3) is 0 Å². The first kappa shape index (κ1) is 19.2. The van der Waals surface area contributed by atoms with Gasteiger partial charge in [-0.15, -0.1) is 0 Å². The maximum atomic E-state index is 13.1. The third-order valence-corrected chi connectivity index (χ3v) is 5.24. The molecule has 2 heterocycles. The molecular formula is C23H26FN5. The zero-order chi connectivity index (χ0) is 20.2. The maximum absolute atomic E-state index is 13.1. The number of anilines is 5. The molecule has 3 aromatic rings.